The fourth-order valence-corrected chi connectivity index (χ4v) is 1.03. The van der Waals surface area contributed by atoms with E-state index in [1.165, 1.54) is 0 Å². The maximum Gasteiger partial charge on any atom is 0.110 e. The van der Waals surface area contributed by atoms with E-state index in [9.17, 15) is 0 Å². The molecule has 0 radical (unpaired) electrons. The summed E-state index contributed by atoms with van der Waals surface area (Å²) in [4.78, 5) is 0. The lowest BCUT2D eigenvalue weighted by Crippen LogP contribution is -2.38. The van der Waals surface area contributed by atoms with E-state index in [4.69, 9.17) is 9.47 Å². The summed E-state index contributed by atoms with van der Waals surface area (Å²) in [5, 5.41) is 3.25. The van der Waals surface area contributed by atoms with Crippen LogP contribution in [0.25, 0.3) is 0 Å². The van der Waals surface area contributed by atoms with Crippen LogP contribution in [0.4, 0.5) is 0 Å². The van der Waals surface area contributed by atoms with Gasteiger partial charge in [-0.1, -0.05) is 0 Å². The minimum Gasteiger partial charge on any atom is -0.385 e. The molecule has 0 aromatic carbocycles. The molecule has 3 heteroatoms. The van der Waals surface area contributed by atoms with Crippen LogP contribution in [0.5, 0.6) is 0 Å². The third-order valence-electron chi connectivity index (χ3n) is 1.60. The summed E-state index contributed by atoms with van der Waals surface area (Å²) in [5.74, 6) is 0. The van der Waals surface area contributed by atoms with Gasteiger partial charge in [0.2, 0.25) is 0 Å². The van der Waals surface area contributed by atoms with Crippen LogP contribution in [0.2, 0.25) is 0 Å². The highest BCUT2D eigenvalue weighted by atomic mass is 16.5. The quantitative estimate of drug-likeness (QED) is 0.622. The fraction of sp³-hybridized carbons (Fsp3) is 1.00. The molecule has 60 valence electrons. The van der Waals surface area contributed by atoms with Crippen LogP contribution >= 0.6 is 0 Å². The van der Waals surface area contributed by atoms with Gasteiger partial charge in [0.25, 0.3) is 0 Å². The summed E-state index contributed by atoms with van der Waals surface area (Å²) < 4.78 is 10.3. The molecule has 1 heterocycles. The summed E-state index contributed by atoms with van der Waals surface area (Å²) in [6.45, 7) is 2.74. The Bertz CT molecular complexity index is 81.7. The second-order valence-corrected chi connectivity index (χ2v) is 2.45. The number of rotatable bonds is 3. The minimum atomic E-state index is 0.230. The second kappa shape index (κ2) is 4.66. The third kappa shape index (κ3) is 2.64. The summed E-state index contributed by atoms with van der Waals surface area (Å²) in [6, 6.07) is 0. The predicted molar refractivity (Wildman–Crippen MR) is 38.9 cm³/mol. The summed E-state index contributed by atoms with van der Waals surface area (Å²) in [5.41, 5.74) is 0. The van der Waals surface area contributed by atoms with Crippen LogP contribution in [-0.2, 0) is 9.47 Å². The molecule has 1 unspecified atom stereocenters. The van der Waals surface area contributed by atoms with Crippen molar-refractivity contribution in [2.24, 2.45) is 0 Å². The van der Waals surface area contributed by atoms with Gasteiger partial charge in [-0.2, -0.15) is 0 Å². The van der Waals surface area contributed by atoms with Gasteiger partial charge in [0.05, 0.1) is 0 Å². The number of methoxy groups -OCH3 is 1. The molecule has 1 aliphatic rings. The molecule has 1 saturated heterocycles. The average molecular weight is 145 g/mol. The van der Waals surface area contributed by atoms with E-state index in [1.54, 1.807) is 7.11 Å². The highest BCUT2D eigenvalue weighted by Crippen LogP contribution is 2.00. The fourth-order valence-electron chi connectivity index (χ4n) is 1.03. The first-order chi connectivity index (χ1) is 4.93. The summed E-state index contributed by atoms with van der Waals surface area (Å²) >= 11 is 0. The van der Waals surface area contributed by atoms with Gasteiger partial charge in [-0.05, 0) is 13.0 Å². The zero-order valence-electron chi connectivity index (χ0n) is 6.43. The Morgan fingerprint density at radius 3 is 3.20 bits per heavy atom. The van der Waals surface area contributed by atoms with Crippen LogP contribution < -0.4 is 5.32 Å². The van der Waals surface area contributed by atoms with Crippen molar-refractivity contribution in [3.8, 4) is 0 Å². The lowest BCUT2D eigenvalue weighted by Gasteiger charge is -2.23. The van der Waals surface area contributed by atoms with Gasteiger partial charge >= 0.3 is 0 Å². The molecule has 1 N–H and O–H groups in total. The minimum absolute atomic E-state index is 0.230. The molecule has 3 nitrogen and oxygen atoms in total. The van der Waals surface area contributed by atoms with Crippen molar-refractivity contribution < 1.29 is 9.47 Å². The van der Waals surface area contributed by atoms with E-state index < -0.39 is 0 Å². The Kier molecular flexibility index (Phi) is 3.72. The van der Waals surface area contributed by atoms with Crippen molar-refractivity contribution >= 4 is 0 Å². The van der Waals surface area contributed by atoms with E-state index in [0.29, 0.717) is 0 Å². The van der Waals surface area contributed by atoms with Gasteiger partial charge in [0.15, 0.2) is 0 Å². The van der Waals surface area contributed by atoms with Crippen molar-refractivity contribution in [2.75, 3.05) is 26.9 Å². The third-order valence-corrected chi connectivity index (χ3v) is 1.60. The lowest BCUT2D eigenvalue weighted by molar-refractivity contribution is -0.0161. The van der Waals surface area contributed by atoms with Crippen molar-refractivity contribution in [3.63, 3.8) is 0 Å². The molecule has 0 amide bonds. The van der Waals surface area contributed by atoms with Crippen molar-refractivity contribution in [1.82, 2.24) is 5.32 Å². The molecular formula is C7H15NO2. The number of nitrogens with one attached hydrogen (secondary N) is 1. The van der Waals surface area contributed by atoms with Crippen molar-refractivity contribution in [2.45, 2.75) is 19.1 Å². The normalized spacial score (nSPS) is 26.7. The maximum atomic E-state index is 5.39. The standard InChI is InChI=1S/C7H15NO2/c1-9-6-3-7-8-4-2-5-10-7/h7-8H,2-6H2,1H3. The monoisotopic (exact) mass is 145 g/mol. The molecule has 1 aliphatic heterocycles. The Balaban J connectivity index is 2.02. The van der Waals surface area contributed by atoms with Crippen molar-refractivity contribution in [1.29, 1.82) is 0 Å². The Morgan fingerprint density at radius 1 is 1.70 bits per heavy atom. The number of ether oxygens (including phenoxy) is 2. The van der Waals surface area contributed by atoms with Crippen LogP contribution in [0, 0.1) is 0 Å². The average Bonchev–Trinajstić information content (AvgIpc) is 2.03. The molecular weight excluding hydrogens is 130 g/mol. The van der Waals surface area contributed by atoms with Gasteiger partial charge in [0.1, 0.15) is 6.23 Å². The zero-order chi connectivity index (χ0) is 7.23. The molecule has 1 rings (SSSR count). The lowest BCUT2D eigenvalue weighted by atomic mass is 10.3. The summed E-state index contributed by atoms with van der Waals surface area (Å²) in [6.07, 6.45) is 2.31. The summed E-state index contributed by atoms with van der Waals surface area (Å²) in [7, 11) is 1.71. The van der Waals surface area contributed by atoms with Crippen LogP contribution in [0.1, 0.15) is 12.8 Å². The molecule has 0 aromatic heterocycles. The van der Waals surface area contributed by atoms with Crippen LogP contribution in [0.15, 0.2) is 0 Å². The van der Waals surface area contributed by atoms with Crippen molar-refractivity contribution in [3.05, 3.63) is 0 Å². The van der Waals surface area contributed by atoms with E-state index in [2.05, 4.69) is 5.32 Å². The molecule has 0 bridgehead atoms. The van der Waals surface area contributed by atoms with Gasteiger partial charge in [-0.15, -0.1) is 0 Å². The molecule has 10 heavy (non-hydrogen) atoms. The Morgan fingerprint density at radius 2 is 2.60 bits per heavy atom. The van der Waals surface area contributed by atoms with E-state index in [0.717, 1.165) is 32.6 Å². The Hall–Kier alpha value is -0.120. The number of hydrogen-bond donors (Lipinski definition) is 1. The van der Waals surface area contributed by atoms with E-state index in [1.807, 2.05) is 0 Å². The highest BCUT2D eigenvalue weighted by molar-refractivity contribution is 4.60. The van der Waals surface area contributed by atoms with Gasteiger partial charge in [-0.3, -0.25) is 5.32 Å². The highest BCUT2D eigenvalue weighted by Gasteiger charge is 2.10. The topological polar surface area (TPSA) is 30.5 Å². The van der Waals surface area contributed by atoms with E-state index >= 15 is 0 Å². The van der Waals surface area contributed by atoms with E-state index in [-0.39, 0.29) is 6.23 Å². The van der Waals surface area contributed by atoms with Crippen LogP contribution in [-0.4, -0.2) is 33.1 Å². The smallest absolute Gasteiger partial charge is 0.110 e. The first-order valence-corrected chi connectivity index (χ1v) is 3.77. The van der Waals surface area contributed by atoms with Crippen LogP contribution in [0.3, 0.4) is 0 Å². The number of hydrogen-bond acceptors (Lipinski definition) is 3. The molecule has 1 fully saturated rings. The predicted octanol–water partition coefficient (Wildman–Crippen LogP) is 0.359. The second-order valence-electron chi connectivity index (χ2n) is 2.45. The largest absolute Gasteiger partial charge is 0.385 e. The SMILES string of the molecule is COCCC1NCCCO1. The van der Waals surface area contributed by atoms with Gasteiger partial charge < -0.3 is 9.47 Å². The zero-order valence-corrected chi connectivity index (χ0v) is 6.43. The molecule has 0 aliphatic carbocycles. The first-order valence-electron chi connectivity index (χ1n) is 3.77. The maximum absolute atomic E-state index is 5.39. The molecule has 0 aromatic rings. The van der Waals surface area contributed by atoms with Gasteiger partial charge in [0, 0.05) is 26.7 Å². The van der Waals surface area contributed by atoms with Gasteiger partial charge in [-0.25, -0.2) is 0 Å². The molecule has 1 atom stereocenters. The molecule has 0 spiro atoms. The Labute approximate surface area is 61.7 Å². The molecule has 0 saturated carbocycles. The first kappa shape index (κ1) is 7.98.